The van der Waals surface area contributed by atoms with Crippen LogP contribution in [0.1, 0.15) is 32.7 Å². The number of halogens is 3. The van der Waals surface area contributed by atoms with Crippen LogP contribution in [0.25, 0.3) is 0 Å². The van der Waals surface area contributed by atoms with E-state index in [4.69, 9.17) is 5.11 Å². The molecule has 0 unspecified atom stereocenters. The molecule has 3 aromatic rings. The summed E-state index contributed by atoms with van der Waals surface area (Å²) in [6, 6.07) is 11.1. The highest BCUT2D eigenvalue weighted by Gasteiger charge is 2.29. The number of hydrogen-bond acceptors (Lipinski definition) is 5. The molecular weight excluding hydrogens is 501 g/mol. The van der Waals surface area contributed by atoms with Crippen molar-refractivity contribution in [2.24, 2.45) is 0 Å². The zero-order chi connectivity index (χ0) is 22.6. The second kappa shape index (κ2) is 9.69. The van der Waals surface area contributed by atoms with Crippen LogP contribution in [0.3, 0.4) is 0 Å². The maximum absolute atomic E-state index is 12.3. The molecule has 0 aliphatic heterocycles. The number of carboxylic acids is 1. The zero-order valence-electron chi connectivity index (χ0n) is 15.8. The summed E-state index contributed by atoms with van der Waals surface area (Å²) >= 11 is 3.25. The first-order valence-electron chi connectivity index (χ1n) is 8.81. The molecule has 3 rings (SSSR count). The van der Waals surface area contributed by atoms with Gasteiger partial charge in [0.1, 0.15) is 0 Å². The van der Waals surface area contributed by atoms with E-state index in [1.165, 1.54) is 22.8 Å². The van der Waals surface area contributed by atoms with E-state index in [2.05, 4.69) is 30.4 Å². The van der Waals surface area contributed by atoms with E-state index >= 15 is 0 Å². The summed E-state index contributed by atoms with van der Waals surface area (Å²) in [7, 11) is -4.53. The molecule has 0 atom stereocenters. The molecule has 8 nitrogen and oxygen atoms in total. The molecule has 0 radical (unpaired) electrons. The second-order valence-electron chi connectivity index (χ2n) is 6.68. The van der Waals surface area contributed by atoms with Crippen LogP contribution in [0.15, 0.2) is 57.9 Å². The van der Waals surface area contributed by atoms with Gasteiger partial charge in [-0.2, -0.15) is 0 Å². The highest BCUT2D eigenvalue weighted by Crippen LogP contribution is 2.52. The number of nitrogens with zero attached hydrogens (tertiary/aromatic N) is 1. The predicted octanol–water partition coefficient (Wildman–Crippen LogP) is 4.77. The van der Waals surface area contributed by atoms with Crippen LogP contribution >= 0.6 is 23.5 Å². The van der Waals surface area contributed by atoms with Gasteiger partial charge in [-0.15, -0.1) is 9.46 Å². The first kappa shape index (κ1) is 23.1. The lowest BCUT2D eigenvalue weighted by molar-refractivity contribution is -0.0881. The number of imidazole rings is 1. The predicted molar refractivity (Wildman–Crippen MR) is 110 cm³/mol. The first-order valence-corrected chi connectivity index (χ1v) is 11.3. The Morgan fingerprint density at radius 1 is 1.13 bits per heavy atom. The van der Waals surface area contributed by atoms with Gasteiger partial charge in [0.15, 0.2) is 0 Å². The number of rotatable bonds is 9. The summed E-state index contributed by atoms with van der Waals surface area (Å²) in [5.41, 5.74) is 2.32. The van der Waals surface area contributed by atoms with Crippen molar-refractivity contribution in [2.75, 3.05) is 0 Å². The lowest BCUT2D eigenvalue weighted by atomic mass is 10.1. The molecule has 0 saturated heterocycles. The van der Waals surface area contributed by atoms with E-state index in [-0.39, 0.29) is 17.8 Å². The average Bonchev–Trinajstić information content (AvgIpc) is 3.09. The van der Waals surface area contributed by atoms with Crippen molar-refractivity contribution >= 4 is 29.5 Å². The Morgan fingerprint density at radius 2 is 1.77 bits per heavy atom. The Labute approximate surface area is 182 Å². The number of carbonyl (C=O) groups is 1. The molecule has 31 heavy (non-hydrogen) atoms. The minimum absolute atomic E-state index is 0.168. The van der Waals surface area contributed by atoms with Gasteiger partial charge in [-0.05, 0) is 43.9 Å². The van der Waals surface area contributed by atoms with Gasteiger partial charge in [0.25, 0.3) is 0 Å². The Balaban J connectivity index is 1.80. The third kappa shape index (κ3) is 5.56. The number of benzene rings is 2. The SMILES string of the molecule is O=C(O)c1ccc(Cc2c[nH]c(=O)n2Cc2ccc(CP(=O)(OF)OF)c(Br)c2)cc1. The van der Waals surface area contributed by atoms with Gasteiger partial charge in [-0.1, -0.05) is 40.2 Å². The molecule has 0 fully saturated rings. The minimum atomic E-state index is -4.53. The van der Waals surface area contributed by atoms with Crippen molar-refractivity contribution in [3.05, 3.63) is 91.6 Å². The van der Waals surface area contributed by atoms with E-state index in [1.807, 2.05) is 0 Å². The van der Waals surface area contributed by atoms with Crippen molar-refractivity contribution in [1.29, 1.82) is 0 Å². The number of carboxylic acid groups (broad SMARTS) is 1. The van der Waals surface area contributed by atoms with Crippen LogP contribution in [0.2, 0.25) is 0 Å². The van der Waals surface area contributed by atoms with Crippen molar-refractivity contribution < 1.29 is 33.0 Å². The van der Waals surface area contributed by atoms with Gasteiger partial charge in [0.2, 0.25) is 0 Å². The lowest BCUT2D eigenvalue weighted by Crippen LogP contribution is -2.20. The quantitative estimate of drug-likeness (QED) is 0.396. The third-order valence-electron chi connectivity index (χ3n) is 4.57. The maximum Gasteiger partial charge on any atom is 0.399 e. The Bertz CT molecular complexity index is 1190. The summed E-state index contributed by atoms with van der Waals surface area (Å²) in [6.45, 7) is 0.195. The monoisotopic (exact) mass is 516 g/mol. The van der Waals surface area contributed by atoms with E-state index in [0.717, 1.165) is 5.56 Å². The third-order valence-corrected chi connectivity index (χ3v) is 6.46. The summed E-state index contributed by atoms with van der Waals surface area (Å²) in [6.07, 6.45) is 1.34. The van der Waals surface area contributed by atoms with E-state index in [9.17, 15) is 23.2 Å². The fourth-order valence-electron chi connectivity index (χ4n) is 2.99. The van der Waals surface area contributed by atoms with Crippen LogP contribution < -0.4 is 5.69 Å². The summed E-state index contributed by atoms with van der Waals surface area (Å²) in [5, 5.41) is 8.99. The molecule has 2 N–H and O–H groups in total. The minimum Gasteiger partial charge on any atom is -0.478 e. The van der Waals surface area contributed by atoms with E-state index < -0.39 is 19.7 Å². The van der Waals surface area contributed by atoms with Gasteiger partial charge >= 0.3 is 19.3 Å². The van der Waals surface area contributed by atoms with Crippen molar-refractivity contribution in [3.8, 4) is 0 Å². The van der Waals surface area contributed by atoms with Crippen LogP contribution in [0, 0.1) is 0 Å². The van der Waals surface area contributed by atoms with Gasteiger partial charge in [-0.25, -0.2) is 9.59 Å². The van der Waals surface area contributed by atoms with Crippen LogP contribution in [0.5, 0.6) is 0 Å². The lowest BCUT2D eigenvalue weighted by Gasteiger charge is -2.12. The molecule has 0 saturated carbocycles. The van der Waals surface area contributed by atoms with Gasteiger partial charge in [-0.3, -0.25) is 9.13 Å². The largest absolute Gasteiger partial charge is 0.478 e. The van der Waals surface area contributed by atoms with Gasteiger partial charge < -0.3 is 10.1 Å². The molecule has 0 spiro atoms. The number of hydrogen-bond donors (Lipinski definition) is 2. The van der Waals surface area contributed by atoms with Gasteiger partial charge in [0.05, 0.1) is 18.3 Å². The van der Waals surface area contributed by atoms with Crippen molar-refractivity contribution in [2.45, 2.75) is 19.1 Å². The molecule has 2 aromatic carbocycles. The molecule has 1 aromatic heterocycles. The normalized spacial score (nSPS) is 11.6. The van der Waals surface area contributed by atoms with Crippen LogP contribution in [-0.2, 0) is 33.1 Å². The number of aromatic amines is 1. The van der Waals surface area contributed by atoms with Crippen LogP contribution in [-0.4, -0.2) is 20.6 Å². The average molecular weight is 517 g/mol. The molecule has 0 aliphatic rings. The fraction of sp³-hybridized carbons (Fsp3) is 0.158. The summed E-state index contributed by atoms with van der Waals surface area (Å²) < 4.78 is 44.4. The summed E-state index contributed by atoms with van der Waals surface area (Å²) in [4.78, 5) is 25.9. The fourth-order valence-corrected chi connectivity index (χ4v) is 4.59. The zero-order valence-corrected chi connectivity index (χ0v) is 18.2. The highest BCUT2D eigenvalue weighted by atomic mass is 79.9. The van der Waals surface area contributed by atoms with E-state index in [1.54, 1.807) is 30.5 Å². The number of nitrogens with one attached hydrogen (secondary N) is 1. The molecule has 164 valence electrons. The second-order valence-corrected chi connectivity index (χ2v) is 9.35. The number of aromatic nitrogens is 2. The van der Waals surface area contributed by atoms with Crippen LogP contribution in [0.4, 0.5) is 9.05 Å². The van der Waals surface area contributed by atoms with E-state index in [0.29, 0.717) is 27.7 Å². The molecule has 12 heteroatoms. The Kier molecular flexibility index (Phi) is 7.22. The molecular formula is C19H16BrF2N2O6P. The number of H-pyrrole nitrogens is 1. The van der Waals surface area contributed by atoms with Crippen molar-refractivity contribution in [1.82, 2.24) is 9.55 Å². The molecule has 0 bridgehead atoms. The maximum atomic E-state index is 12.3. The summed E-state index contributed by atoms with van der Waals surface area (Å²) in [5.74, 6) is -1.02. The molecule has 0 amide bonds. The van der Waals surface area contributed by atoms with Crippen molar-refractivity contribution in [3.63, 3.8) is 0 Å². The topological polar surface area (TPSA) is 111 Å². The van der Waals surface area contributed by atoms with Gasteiger partial charge in [0, 0.05) is 22.8 Å². The Morgan fingerprint density at radius 3 is 2.35 bits per heavy atom. The standard InChI is InChI=1S/C19H16BrF2N2O6P/c20-17-8-13(3-6-15(17)11-31(28,29-21)30-22)10-24-16(9-23-19(24)27)7-12-1-4-14(5-2-12)18(25)26/h1-6,8-9H,7,10-11H2,(H,23,27)(H,25,26). The molecule has 0 aliphatic carbocycles. The smallest absolute Gasteiger partial charge is 0.399 e. The first-order chi connectivity index (χ1) is 14.7. The number of aromatic carboxylic acids is 1. The Hall–Kier alpha value is -2.59. The highest BCUT2D eigenvalue weighted by molar-refractivity contribution is 9.10. The molecule has 1 heterocycles.